The highest BCUT2D eigenvalue weighted by molar-refractivity contribution is 6.30. The van der Waals surface area contributed by atoms with Crippen molar-refractivity contribution in [1.29, 1.82) is 0 Å². The Morgan fingerprint density at radius 2 is 1.87 bits per heavy atom. The Morgan fingerprint density at radius 1 is 1.27 bits per heavy atom. The summed E-state index contributed by atoms with van der Waals surface area (Å²) in [6.45, 7) is 1.63. The lowest BCUT2D eigenvalue weighted by atomic mass is 10.1. The van der Waals surface area contributed by atoms with Crippen LogP contribution in [0, 0.1) is 0 Å². The zero-order valence-electron chi connectivity index (χ0n) is 8.59. The Labute approximate surface area is 106 Å². The molecule has 0 saturated carbocycles. The SMILES string of the molecule is CN(CCCl)CC(Cl)c1ccc(Cl)cc1. The first-order valence-corrected chi connectivity index (χ1v) is 6.12. The van der Waals surface area contributed by atoms with Gasteiger partial charge in [0.1, 0.15) is 0 Å². The molecule has 0 aromatic heterocycles. The fraction of sp³-hybridized carbons (Fsp3) is 0.455. The molecule has 0 fully saturated rings. The molecule has 0 aliphatic heterocycles. The van der Waals surface area contributed by atoms with Crippen LogP contribution in [0.3, 0.4) is 0 Å². The van der Waals surface area contributed by atoms with Crippen LogP contribution >= 0.6 is 34.8 Å². The molecule has 1 nitrogen and oxygen atoms in total. The quantitative estimate of drug-likeness (QED) is 0.733. The molecule has 1 atom stereocenters. The predicted molar refractivity (Wildman–Crippen MR) is 68.3 cm³/mol. The minimum Gasteiger partial charge on any atom is -0.303 e. The van der Waals surface area contributed by atoms with Gasteiger partial charge in [-0.1, -0.05) is 23.7 Å². The molecule has 0 radical (unpaired) electrons. The van der Waals surface area contributed by atoms with Gasteiger partial charge < -0.3 is 4.90 Å². The monoisotopic (exact) mass is 265 g/mol. The van der Waals surface area contributed by atoms with Gasteiger partial charge in [0, 0.05) is 24.0 Å². The Morgan fingerprint density at radius 3 is 2.40 bits per heavy atom. The molecule has 0 aliphatic rings. The number of hydrogen-bond donors (Lipinski definition) is 0. The maximum Gasteiger partial charge on any atom is 0.0712 e. The van der Waals surface area contributed by atoms with E-state index in [2.05, 4.69) is 4.90 Å². The van der Waals surface area contributed by atoms with Gasteiger partial charge in [-0.15, -0.1) is 23.2 Å². The van der Waals surface area contributed by atoms with Gasteiger partial charge in [-0.2, -0.15) is 0 Å². The number of nitrogens with zero attached hydrogens (tertiary/aromatic N) is 1. The molecule has 1 rings (SSSR count). The van der Waals surface area contributed by atoms with E-state index in [9.17, 15) is 0 Å². The third-order valence-electron chi connectivity index (χ3n) is 2.17. The summed E-state index contributed by atoms with van der Waals surface area (Å²) in [5.41, 5.74) is 1.09. The molecule has 4 heteroatoms. The predicted octanol–water partition coefficient (Wildman–Crippen LogP) is 3.79. The minimum absolute atomic E-state index is 0.0181. The third kappa shape index (κ3) is 4.60. The molecular weight excluding hydrogens is 252 g/mol. The summed E-state index contributed by atoms with van der Waals surface area (Å²) in [5, 5.41) is 0.715. The van der Waals surface area contributed by atoms with Crippen molar-refractivity contribution in [3.05, 3.63) is 34.9 Å². The third-order valence-corrected chi connectivity index (χ3v) is 2.98. The Kier molecular flexibility index (Phi) is 5.77. The van der Waals surface area contributed by atoms with Crippen LogP contribution in [0.2, 0.25) is 5.02 Å². The highest BCUT2D eigenvalue weighted by Crippen LogP contribution is 2.22. The number of hydrogen-bond acceptors (Lipinski definition) is 1. The molecule has 0 bridgehead atoms. The van der Waals surface area contributed by atoms with E-state index in [1.165, 1.54) is 0 Å². The molecule has 1 unspecified atom stereocenters. The van der Waals surface area contributed by atoms with Crippen molar-refractivity contribution in [2.75, 3.05) is 26.0 Å². The molecule has 0 amide bonds. The average Bonchev–Trinajstić information content (AvgIpc) is 2.18. The summed E-state index contributed by atoms with van der Waals surface area (Å²) in [6.07, 6.45) is 0. The Bertz CT molecular complexity index is 286. The Balaban J connectivity index is 2.53. The standard InChI is InChI=1S/C11H14Cl3N/c1-15(7-6-12)8-11(14)9-2-4-10(13)5-3-9/h2-5,11H,6-8H2,1H3. The van der Waals surface area contributed by atoms with Crippen LogP contribution in [0.15, 0.2) is 24.3 Å². The fourth-order valence-electron chi connectivity index (χ4n) is 1.29. The van der Waals surface area contributed by atoms with Crippen LogP contribution in [0.1, 0.15) is 10.9 Å². The maximum atomic E-state index is 6.26. The lowest BCUT2D eigenvalue weighted by molar-refractivity contribution is 0.355. The average molecular weight is 267 g/mol. The van der Waals surface area contributed by atoms with Crippen molar-refractivity contribution in [2.45, 2.75) is 5.38 Å². The molecule has 0 spiro atoms. The molecular formula is C11H14Cl3N. The summed E-state index contributed by atoms with van der Waals surface area (Å²) >= 11 is 17.7. The van der Waals surface area contributed by atoms with E-state index in [1.807, 2.05) is 31.3 Å². The van der Waals surface area contributed by atoms with Crippen molar-refractivity contribution in [1.82, 2.24) is 4.90 Å². The zero-order chi connectivity index (χ0) is 11.3. The molecule has 84 valence electrons. The van der Waals surface area contributed by atoms with E-state index < -0.39 is 0 Å². The molecule has 0 aliphatic carbocycles. The first kappa shape index (κ1) is 13.1. The van der Waals surface area contributed by atoms with E-state index in [4.69, 9.17) is 34.8 Å². The lowest BCUT2D eigenvalue weighted by Crippen LogP contribution is -2.24. The van der Waals surface area contributed by atoms with Gasteiger partial charge in [-0.3, -0.25) is 0 Å². The summed E-state index contributed by atoms with van der Waals surface area (Å²) in [7, 11) is 2.01. The summed E-state index contributed by atoms with van der Waals surface area (Å²) < 4.78 is 0. The van der Waals surface area contributed by atoms with E-state index in [0.29, 0.717) is 5.88 Å². The second-order valence-corrected chi connectivity index (χ2v) is 4.81. The van der Waals surface area contributed by atoms with Gasteiger partial charge in [0.25, 0.3) is 0 Å². The summed E-state index contributed by atoms with van der Waals surface area (Å²) in [5.74, 6) is 0.626. The number of rotatable bonds is 5. The van der Waals surface area contributed by atoms with Crippen LogP contribution in [0.5, 0.6) is 0 Å². The minimum atomic E-state index is -0.0181. The van der Waals surface area contributed by atoms with Crippen LogP contribution in [-0.2, 0) is 0 Å². The summed E-state index contributed by atoms with van der Waals surface area (Å²) in [6, 6.07) is 7.62. The topological polar surface area (TPSA) is 3.24 Å². The smallest absolute Gasteiger partial charge is 0.0712 e. The van der Waals surface area contributed by atoms with E-state index in [1.54, 1.807) is 0 Å². The van der Waals surface area contributed by atoms with Gasteiger partial charge in [-0.25, -0.2) is 0 Å². The van der Waals surface area contributed by atoms with Gasteiger partial charge in [0.2, 0.25) is 0 Å². The van der Waals surface area contributed by atoms with Gasteiger partial charge in [-0.05, 0) is 24.7 Å². The van der Waals surface area contributed by atoms with Crippen LogP contribution in [-0.4, -0.2) is 30.9 Å². The van der Waals surface area contributed by atoms with Crippen LogP contribution < -0.4 is 0 Å². The normalized spacial score (nSPS) is 13.1. The van der Waals surface area contributed by atoms with Crippen molar-refractivity contribution in [3.8, 4) is 0 Å². The van der Waals surface area contributed by atoms with E-state index >= 15 is 0 Å². The van der Waals surface area contributed by atoms with Gasteiger partial charge in [0.05, 0.1) is 5.38 Å². The summed E-state index contributed by atoms with van der Waals surface area (Å²) in [4.78, 5) is 2.11. The van der Waals surface area contributed by atoms with Gasteiger partial charge >= 0.3 is 0 Å². The molecule has 1 aromatic rings. The fourth-order valence-corrected chi connectivity index (χ4v) is 2.08. The van der Waals surface area contributed by atoms with E-state index in [-0.39, 0.29) is 5.38 Å². The highest BCUT2D eigenvalue weighted by atomic mass is 35.5. The van der Waals surface area contributed by atoms with Crippen LogP contribution in [0.25, 0.3) is 0 Å². The first-order chi connectivity index (χ1) is 7.13. The first-order valence-electron chi connectivity index (χ1n) is 4.77. The van der Waals surface area contributed by atoms with Crippen molar-refractivity contribution in [2.24, 2.45) is 0 Å². The molecule has 1 aromatic carbocycles. The number of likely N-dealkylation sites (N-methyl/N-ethyl adjacent to an activating group) is 1. The van der Waals surface area contributed by atoms with Crippen molar-refractivity contribution in [3.63, 3.8) is 0 Å². The largest absolute Gasteiger partial charge is 0.303 e. The van der Waals surface area contributed by atoms with E-state index in [0.717, 1.165) is 23.7 Å². The highest BCUT2D eigenvalue weighted by Gasteiger charge is 2.10. The maximum absolute atomic E-state index is 6.26. The van der Waals surface area contributed by atoms with Crippen molar-refractivity contribution < 1.29 is 0 Å². The molecule has 15 heavy (non-hydrogen) atoms. The van der Waals surface area contributed by atoms with Crippen LogP contribution in [0.4, 0.5) is 0 Å². The zero-order valence-corrected chi connectivity index (χ0v) is 10.9. The molecule has 0 N–H and O–H groups in total. The second-order valence-electron chi connectivity index (χ2n) is 3.47. The van der Waals surface area contributed by atoms with Gasteiger partial charge in [0.15, 0.2) is 0 Å². The number of benzene rings is 1. The Hall–Kier alpha value is 0.0500. The number of alkyl halides is 2. The molecule has 0 saturated heterocycles. The van der Waals surface area contributed by atoms with Crippen molar-refractivity contribution >= 4 is 34.8 Å². The molecule has 0 heterocycles. The second kappa shape index (κ2) is 6.59. The number of halogens is 3. The lowest BCUT2D eigenvalue weighted by Gasteiger charge is -2.19.